The minimum absolute atomic E-state index is 0.376. The van der Waals surface area contributed by atoms with E-state index in [9.17, 15) is 4.55 Å². The lowest BCUT2D eigenvalue weighted by Gasteiger charge is -2.19. The highest BCUT2D eigenvalue weighted by Crippen LogP contribution is 2.19. The first-order valence-corrected chi connectivity index (χ1v) is 8.36. The Morgan fingerprint density at radius 2 is 2.15 bits per heavy atom. The number of halogens is 1. The second kappa shape index (κ2) is 8.12. The highest BCUT2D eigenvalue weighted by Gasteiger charge is 2.27. The monoisotopic (exact) mass is 360 g/mol. The summed E-state index contributed by atoms with van der Waals surface area (Å²) in [7, 11) is 1.67. The molecule has 1 aromatic heterocycles. The molecular weight excluding hydrogens is 340 g/mol. The molecule has 0 saturated heterocycles. The molecule has 0 aliphatic heterocycles. The second-order valence-corrected chi connectivity index (χ2v) is 8.06. The van der Waals surface area contributed by atoms with Crippen LogP contribution in [0.5, 0.6) is 0 Å². The fourth-order valence-corrected chi connectivity index (χ4v) is 2.41. The number of methoxy groups -OCH3 is 1. The lowest BCUT2D eigenvalue weighted by atomic mass is 10.1. The summed E-state index contributed by atoms with van der Waals surface area (Å²) >= 11 is 2.06. The molecule has 0 aliphatic carbocycles. The van der Waals surface area contributed by atoms with Crippen molar-refractivity contribution in [1.82, 2.24) is 4.98 Å². The highest BCUT2D eigenvalue weighted by molar-refractivity contribution is 9.10. The van der Waals surface area contributed by atoms with Gasteiger partial charge in [0.2, 0.25) is 0 Å². The molecule has 0 bridgehead atoms. The van der Waals surface area contributed by atoms with Gasteiger partial charge in [0.15, 0.2) is 0 Å². The predicted molar refractivity (Wildman–Crippen MR) is 87.5 cm³/mol. The van der Waals surface area contributed by atoms with Crippen LogP contribution < -0.4 is 0 Å². The van der Waals surface area contributed by atoms with Gasteiger partial charge in [0.1, 0.15) is 26.4 Å². The van der Waals surface area contributed by atoms with Gasteiger partial charge in [-0.15, -0.1) is 0 Å². The summed E-state index contributed by atoms with van der Waals surface area (Å²) in [5, 5.41) is 0. The molecule has 20 heavy (non-hydrogen) atoms. The Kier molecular flexibility index (Phi) is 7.15. The highest BCUT2D eigenvalue weighted by atomic mass is 79.9. The van der Waals surface area contributed by atoms with Gasteiger partial charge < -0.3 is 9.29 Å². The molecule has 112 valence electrons. The van der Waals surface area contributed by atoms with E-state index in [1.54, 1.807) is 7.11 Å². The van der Waals surface area contributed by atoms with Gasteiger partial charge in [0.25, 0.3) is 0 Å². The molecule has 1 heterocycles. The quantitative estimate of drug-likeness (QED) is 0.337. The molecule has 0 N–H and O–H groups in total. The summed E-state index contributed by atoms with van der Waals surface area (Å²) in [4.78, 5) is 4.40. The van der Waals surface area contributed by atoms with E-state index in [1.807, 2.05) is 39.0 Å². The molecule has 0 radical (unpaired) electrons. The Balaban J connectivity index is 2.99. The maximum Gasteiger partial charge on any atom is 0.144 e. The summed E-state index contributed by atoms with van der Waals surface area (Å²) in [5.74, 6) is 0. The van der Waals surface area contributed by atoms with Crippen LogP contribution in [-0.4, -0.2) is 33.7 Å². The molecule has 0 aromatic carbocycles. The van der Waals surface area contributed by atoms with Crippen LogP contribution in [0.2, 0.25) is 0 Å². The number of pyridine rings is 1. The molecule has 0 spiro atoms. The molecule has 1 unspecified atom stereocenters. The van der Waals surface area contributed by atoms with E-state index in [1.165, 1.54) is 0 Å². The fraction of sp³-hybridized carbons (Fsp3) is 0.571. The summed E-state index contributed by atoms with van der Waals surface area (Å²) in [6, 6.07) is 5.64. The van der Waals surface area contributed by atoms with E-state index in [4.69, 9.17) is 4.74 Å². The van der Waals surface area contributed by atoms with Crippen LogP contribution in [0.15, 0.2) is 27.2 Å². The van der Waals surface area contributed by atoms with Crippen molar-refractivity contribution in [2.45, 2.75) is 38.4 Å². The van der Waals surface area contributed by atoms with Crippen molar-refractivity contribution in [1.29, 1.82) is 0 Å². The third kappa shape index (κ3) is 5.91. The smallest absolute Gasteiger partial charge is 0.144 e. The minimum atomic E-state index is -1.29. The van der Waals surface area contributed by atoms with E-state index < -0.39 is 11.4 Å². The van der Waals surface area contributed by atoms with Crippen LogP contribution in [-0.2, 0) is 16.1 Å². The average molecular weight is 361 g/mol. The molecule has 1 aromatic rings. The third-order valence-electron chi connectivity index (χ3n) is 2.49. The summed E-state index contributed by atoms with van der Waals surface area (Å²) in [6.45, 7) is 6.38. The Hall–Kier alpha value is -0.430. The lowest BCUT2D eigenvalue weighted by Crippen LogP contribution is -2.27. The normalized spacial score (nSPS) is 14.4. The van der Waals surface area contributed by atoms with Crippen LogP contribution in [0.4, 0.5) is 0 Å². The SMILES string of the molecule is COCCCC(=N[S+]([O-])C(C)(C)C)c1cccc(Br)n1. The number of hydrogen-bond acceptors (Lipinski definition) is 4. The minimum Gasteiger partial charge on any atom is -0.591 e. The maximum atomic E-state index is 12.2. The van der Waals surface area contributed by atoms with Crippen molar-refractivity contribution in [2.24, 2.45) is 4.40 Å². The zero-order chi connectivity index (χ0) is 15.2. The van der Waals surface area contributed by atoms with Crippen LogP contribution >= 0.6 is 15.9 Å². The first-order valence-electron chi connectivity index (χ1n) is 6.46. The first-order chi connectivity index (χ1) is 9.34. The Morgan fingerprint density at radius 1 is 1.45 bits per heavy atom. The van der Waals surface area contributed by atoms with Gasteiger partial charge >= 0.3 is 0 Å². The molecule has 0 fully saturated rings. The molecular formula is C14H21BrN2O2S. The largest absolute Gasteiger partial charge is 0.591 e. The van der Waals surface area contributed by atoms with E-state index in [0.29, 0.717) is 13.0 Å². The Labute approximate surface area is 132 Å². The molecule has 1 atom stereocenters. The number of aromatic nitrogens is 1. The van der Waals surface area contributed by atoms with Gasteiger partial charge in [-0.25, -0.2) is 4.98 Å². The van der Waals surface area contributed by atoms with Crippen LogP contribution in [0.3, 0.4) is 0 Å². The number of nitrogens with zero attached hydrogens (tertiary/aromatic N) is 2. The summed E-state index contributed by atoms with van der Waals surface area (Å²) < 4.78 is 22.0. The summed E-state index contributed by atoms with van der Waals surface area (Å²) in [5.41, 5.74) is 1.52. The third-order valence-corrected chi connectivity index (χ3v) is 4.37. The van der Waals surface area contributed by atoms with Gasteiger partial charge in [0, 0.05) is 13.7 Å². The van der Waals surface area contributed by atoms with E-state index in [-0.39, 0.29) is 4.75 Å². The van der Waals surface area contributed by atoms with E-state index in [0.717, 1.165) is 22.4 Å². The molecule has 6 heteroatoms. The number of rotatable bonds is 6. The van der Waals surface area contributed by atoms with Crippen molar-refractivity contribution in [3.05, 3.63) is 28.5 Å². The summed E-state index contributed by atoms with van der Waals surface area (Å²) in [6.07, 6.45) is 1.52. The molecule has 0 amide bonds. The van der Waals surface area contributed by atoms with E-state index >= 15 is 0 Å². The Morgan fingerprint density at radius 3 is 2.70 bits per heavy atom. The number of hydrogen-bond donors (Lipinski definition) is 0. The van der Waals surface area contributed by atoms with Gasteiger partial charge in [-0.3, -0.25) is 0 Å². The predicted octanol–water partition coefficient (Wildman–Crippen LogP) is 3.52. The fourth-order valence-electron chi connectivity index (χ4n) is 1.41. The van der Waals surface area contributed by atoms with Crippen LogP contribution in [0.1, 0.15) is 39.3 Å². The van der Waals surface area contributed by atoms with Gasteiger partial charge in [-0.1, -0.05) is 10.5 Å². The van der Waals surface area contributed by atoms with Crippen molar-refractivity contribution >= 4 is 33.0 Å². The van der Waals surface area contributed by atoms with Crippen molar-refractivity contribution in [3.63, 3.8) is 0 Å². The van der Waals surface area contributed by atoms with Crippen molar-refractivity contribution in [3.8, 4) is 0 Å². The van der Waals surface area contributed by atoms with Crippen molar-refractivity contribution in [2.75, 3.05) is 13.7 Å². The average Bonchev–Trinajstić information content (AvgIpc) is 2.36. The van der Waals surface area contributed by atoms with E-state index in [2.05, 4.69) is 25.3 Å². The van der Waals surface area contributed by atoms with Crippen molar-refractivity contribution < 1.29 is 9.29 Å². The first kappa shape index (κ1) is 17.6. The lowest BCUT2D eigenvalue weighted by molar-refractivity contribution is 0.197. The molecule has 0 aliphatic rings. The second-order valence-electron chi connectivity index (χ2n) is 5.34. The zero-order valence-electron chi connectivity index (χ0n) is 12.4. The van der Waals surface area contributed by atoms with Gasteiger partial charge in [-0.05, 0) is 61.7 Å². The molecule has 0 saturated carbocycles. The number of ether oxygens (including phenoxy) is 1. The zero-order valence-corrected chi connectivity index (χ0v) is 14.8. The molecule has 1 rings (SSSR count). The van der Waals surface area contributed by atoms with Crippen LogP contribution in [0, 0.1) is 0 Å². The van der Waals surface area contributed by atoms with Crippen LogP contribution in [0.25, 0.3) is 0 Å². The topological polar surface area (TPSA) is 57.5 Å². The molecule has 4 nitrogen and oxygen atoms in total. The Bertz CT molecular complexity index is 461. The maximum absolute atomic E-state index is 12.2. The van der Waals surface area contributed by atoms with Gasteiger partial charge in [0.05, 0.1) is 5.69 Å². The standard InChI is InChI=1S/C14H21BrN2O2S/c1-14(2,3)20(18)17-12(8-6-10-19-4)11-7-5-9-13(15)16-11/h5,7,9H,6,8,10H2,1-4H3. The van der Waals surface area contributed by atoms with Gasteiger partial charge in [-0.2, -0.15) is 0 Å².